The van der Waals surface area contributed by atoms with Crippen LogP contribution >= 0.6 is 15.9 Å². The molecule has 0 radical (unpaired) electrons. The lowest BCUT2D eigenvalue weighted by Gasteiger charge is -2.21. The molecule has 0 fully saturated rings. The van der Waals surface area contributed by atoms with Crippen LogP contribution in [-0.4, -0.2) is 30.9 Å². The van der Waals surface area contributed by atoms with Gasteiger partial charge in [0, 0.05) is 32.4 Å². The fourth-order valence-corrected chi connectivity index (χ4v) is 3.27. The lowest BCUT2D eigenvalue weighted by atomic mass is 10.1. The van der Waals surface area contributed by atoms with E-state index in [2.05, 4.69) is 33.0 Å². The third kappa shape index (κ3) is 3.55. The zero-order chi connectivity index (χ0) is 16.4. The Kier molecular flexibility index (Phi) is 4.66. The SMILES string of the molecule is CN1CCN(C(=O)Cc2ccc(F)c(Br)c2)Cc2ccccc21. The van der Waals surface area contributed by atoms with Gasteiger partial charge < -0.3 is 9.80 Å². The van der Waals surface area contributed by atoms with Gasteiger partial charge in [-0.05, 0) is 45.3 Å². The second-order valence-corrected chi connectivity index (χ2v) is 6.65. The van der Waals surface area contributed by atoms with Crippen molar-refractivity contribution in [3.63, 3.8) is 0 Å². The van der Waals surface area contributed by atoms with E-state index in [-0.39, 0.29) is 18.1 Å². The smallest absolute Gasteiger partial charge is 0.227 e. The van der Waals surface area contributed by atoms with Crippen LogP contribution in [0, 0.1) is 5.82 Å². The highest BCUT2D eigenvalue weighted by molar-refractivity contribution is 9.10. The van der Waals surface area contributed by atoms with Crippen molar-refractivity contribution < 1.29 is 9.18 Å². The van der Waals surface area contributed by atoms with Crippen molar-refractivity contribution in [3.8, 4) is 0 Å². The molecule has 1 heterocycles. The largest absolute Gasteiger partial charge is 0.373 e. The van der Waals surface area contributed by atoms with Gasteiger partial charge in [-0.25, -0.2) is 4.39 Å². The number of likely N-dealkylation sites (N-methyl/N-ethyl adjacent to an activating group) is 1. The van der Waals surface area contributed by atoms with Crippen molar-refractivity contribution in [1.29, 1.82) is 0 Å². The minimum atomic E-state index is -0.313. The van der Waals surface area contributed by atoms with Crippen LogP contribution in [0.4, 0.5) is 10.1 Å². The molecule has 2 aromatic rings. The normalized spacial score (nSPS) is 14.4. The van der Waals surface area contributed by atoms with E-state index in [0.29, 0.717) is 17.6 Å². The lowest BCUT2D eigenvalue weighted by molar-refractivity contribution is -0.130. The Morgan fingerprint density at radius 3 is 2.78 bits per heavy atom. The fourth-order valence-electron chi connectivity index (χ4n) is 2.84. The van der Waals surface area contributed by atoms with Crippen LogP contribution in [0.15, 0.2) is 46.9 Å². The van der Waals surface area contributed by atoms with Crippen LogP contribution in [0.5, 0.6) is 0 Å². The van der Waals surface area contributed by atoms with Gasteiger partial charge in [-0.1, -0.05) is 24.3 Å². The number of para-hydroxylation sites is 1. The highest BCUT2D eigenvalue weighted by Crippen LogP contribution is 2.24. The number of hydrogen-bond acceptors (Lipinski definition) is 2. The van der Waals surface area contributed by atoms with Gasteiger partial charge in [0.25, 0.3) is 0 Å². The molecule has 0 saturated heterocycles. The number of halogens is 2. The average Bonchev–Trinajstić information content (AvgIpc) is 2.71. The van der Waals surface area contributed by atoms with Crippen molar-refractivity contribution in [2.45, 2.75) is 13.0 Å². The van der Waals surface area contributed by atoms with Crippen LogP contribution in [-0.2, 0) is 17.8 Å². The number of rotatable bonds is 2. The van der Waals surface area contributed by atoms with Crippen molar-refractivity contribution in [3.05, 3.63) is 63.9 Å². The molecule has 0 atom stereocenters. The molecule has 0 unspecified atom stereocenters. The van der Waals surface area contributed by atoms with E-state index in [1.54, 1.807) is 12.1 Å². The molecule has 0 N–H and O–H groups in total. The molecular formula is C18H18BrFN2O. The number of carbonyl (C=O) groups is 1. The first kappa shape index (κ1) is 16.0. The van der Waals surface area contributed by atoms with Gasteiger partial charge in [0.2, 0.25) is 5.91 Å². The quantitative estimate of drug-likeness (QED) is 0.799. The first-order chi connectivity index (χ1) is 11.0. The molecular weight excluding hydrogens is 359 g/mol. The second-order valence-electron chi connectivity index (χ2n) is 5.79. The summed E-state index contributed by atoms with van der Waals surface area (Å²) in [7, 11) is 2.05. The Morgan fingerprint density at radius 2 is 2.00 bits per heavy atom. The monoisotopic (exact) mass is 376 g/mol. The summed E-state index contributed by atoms with van der Waals surface area (Å²) < 4.78 is 13.7. The van der Waals surface area contributed by atoms with Gasteiger partial charge in [0.1, 0.15) is 5.82 Å². The standard InChI is InChI=1S/C18H18BrFN2O/c1-21-8-9-22(12-14-4-2-3-5-17(14)21)18(23)11-13-6-7-16(20)15(19)10-13/h2-7,10H,8-9,11-12H2,1H3. The van der Waals surface area contributed by atoms with Crippen LogP contribution in [0.3, 0.4) is 0 Å². The number of amides is 1. The Bertz CT molecular complexity index is 735. The maximum atomic E-state index is 13.3. The number of benzene rings is 2. The summed E-state index contributed by atoms with van der Waals surface area (Å²) >= 11 is 3.17. The molecule has 5 heteroatoms. The number of fused-ring (bicyclic) bond motifs is 1. The molecule has 1 aliphatic rings. The van der Waals surface area contributed by atoms with Gasteiger partial charge in [0.05, 0.1) is 10.9 Å². The van der Waals surface area contributed by atoms with Crippen LogP contribution < -0.4 is 4.90 Å². The second kappa shape index (κ2) is 6.71. The number of carbonyl (C=O) groups excluding carboxylic acids is 1. The summed E-state index contributed by atoms with van der Waals surface area (Å²) in [6.07, 6.45) is 0.283. The van der Waals surface area contributed by atoms with Gasteiger partial charge in [0.15, 0.2) is 0 Å². The molecule has 0 bridgehead atoms. The lowest BCUT2D eigenvalue weighted by Crippen LogP contribution is -2.35. The first-order valence-electron chi connectivity index (χ1n) is 7.55. The zero-order valence-electron chi connectivity index (χ0n) is 12.9. The molecule has 0 aliphatic carbocycles. The molecule has 3 rings (SSSR count). The van der Waals surface area contributed by atoms with Gasteiger partial charge in [-0.3, -0.25) is 4.79 Å². The molecule has 1 amide bonds. The summed E-state index contributed by atoms with van der Waals surface area (Å²) in [5.41, 5.74) is 3.14. The Balaban J connectivity index is 1.76. The van der Waals surface area contributed by atoms with Crippen LogP contribution in [0.1, 0.15) is 11.1 Å². The van der Waals surface area contributed by atoms with Crippen molar-refractivity contribution >= 4 is 27.5 Å². The Morgan fingerprint density at radius 1 is 1.22 bits per heavy atom. The maximum Gasteiger partial charge on any atom is 0.227 e. The van der Waals surface area contributed by atoms with E-state index in [1.165, 1.54) is 11.8 Å². The number of nitrogens with zero attached hydrogens (tertiary/aromatic N) is 2. The molecule has 120 valence electrons. The molecule has 0 aromatic heterocycles. The van der Waals surface area contributed by atoms with Crippen molar-refractivity contribution in [2.75, 3.05) is 25.0 Å². The summed E-state index contributed by atoms with van der Waals surface area (Å²) in [5, 5.41) is 0. The predicted molar refractivity (Wildman–Crippen MR) is 92.9 cm³/mol. The summed E-state index contributed by atoms with van der Waals surface area (Å²) in [5.74, 6) is -0.250. The van der Waals surface area contributed by atoms with E-state index >= 15 is 0 Å². The zero-order valence-corrected chi connectivity index (χ0v) is 14.5. The Labute approximate surface area is 143 Å². The van der Waals surface area contributed by atoms with Crippen LogP contribution in [0.25, 0.3) is 0 Å². The van der Waals surface area contributed by atoms with Crippen molar-refractivity contribution in [1.82, 2.24) is 4.90 Å². The van der Waals surface area contributed by atoms with E-state index < -0.39 is 0 Å². The summed E-state index contributed by atoms with van der Waals surface area (Å²) in [4.78, 5) is 16.7. The molecule has 2 aromatic carbocycles. The number of hydrogen-bond donors (Lipinski definition) is 0. The highest BCUT2D eigenvalue weighted by Gasteiger charge is 2.21. The average molecular weight is 377 g/mol. The maximum absolute atomic E-state index is 13.3. The van der Waals surface area contributed by atoms with Gasteiger partial charge >= 0.3 is 0 Å². The van der Waals surface area contributed by atoms with E-state index in [1.807, 2.05) is 24.1 Å². The Hall–Kier alpha value is -1.88. The number of anilines is 1. The summed E-state index contributed by atoms with van der Waals surface area (Å²) in [6, 6.07) is 12.9. The van der Waals surface area contributed by atoms with Gasteiger partial charge in [-0.15, -0.1) is 0 Å². The topological polar surface area (TPSA) is 23.6 Å². The summed E-state index contributed by atoms with van der Waals surface area (Å²) in [6.45, 7) is 2.10. The van der Waals surface area contributed by atoms with E-state index in [0.717, 1.165) is 17.7 Å². The molecule has 0 saturated carbocycles. The minimum Gasteiger partial charge on any atom is -0.373 e. The van der Waals surface area contributed by atoms with E-state index in [9.17, 15) is 9.18 Å². The molecule has 0 spiro atoms. The first-order valence-corrected chi connectivity index (χ1v) is 8.34. The minimum absolute atomic E-state index is 0.0635. The third-order valence-corrected chi connectivity index (χ3v) is 4.77. The predicted octanol–water partition coefficient (Wildman–Crippen LogP) is 3.61. The fraction of sp³-hybridized carbons (Fsp3) is 0.278. The third-order valence-electron chi connectivity index (χ3n) is 4.16. The molecule has 3 nitrogen and oxygen atoms in total. The van der Waals surface area contributed by atoms with Crippen molar-refractivity contribution in [2.24, 2.45) is 0 Å². The van der Waals surface area contributed by atoms with Crippen LogP contribution in [0.2, 0.25) is 0 Å². The van der Waals surface area contributed by atoms with E-state index in [4.69, 9.17) is 0 Å². The van der Waals surface area contributed by atoms with Gasteiger partial charge in [-0.2, -0.15) is 0 Å². The molecule has 23 heavy (non-hydrogen) atoms. The highest BCUT2D eigenvalue weighted by atomic mass is 79.9. The molecule has 1 aliphatic heterocycles.